The lowest BCUT2D eigenvalue weighted by Crippen LogP contribution is -2.40. The number of halogens is 3. The molecule has 3 rings (SSSR count). The molecule has 0 bridgehead atoms. The number of piperidine rings is 1. The van der Waals surface area contributed by atoms with E-state index in [1.807, 2.05) is 12.1 Å². The van der Waals surface area contributed by atoms with Crippen molar-refractivity contribution in [1.29, 1.82) is 0 Å². The molecule has 2 aromatic rings. The SMILES string of the molecule is COc1cc2ncnc(N3CCC(N)CC3)c2cc1OC.O=C(O)C(F)(F)F. The predicted molar refractivity (Wildman–Crippen MR) is 95.8 cm³/mol. The second-order valence-corrected chi connectivity index (χ2v) is 6.05. The highest BCUT2D eigenvalue weighted by molar-refractivity contribution is 5.92. The summed E-state index contributed by atoms with van der Waals surface area (Å²) >= 11 is 0. The number of ether oxygens (including phenoxy) is 2. The number of nitrogens with two attached hydrogens (primary N) is 1. The molecule has 1 fully saturated rings. The monoisotopic (exact) mass is 402 g/mol. The van der Waals surface area contributed by atoms with Gasteiger partial charge < -0.3 is 25.2 Å². The molecule has 0 unspecified atom stereocenters. The molecule has 28 heavy (non-hydrogen) atoms. The van der Waals surface area contributed by atoms with Gasteiger partial charge in [-0.1, -0.05) is 0 Å². The Labute approximate surface area is 159 Å². The van der Waals surface area contributed by atoms with Crippen LogP contribution in [0.4, 0.5) is 19.0 Å². The highest BCUT2D eigenvalue weighted by Crippen LogP contribution is 2.35. The van der Waals surface area contributed by atoms with Crippen molar-refractivity contribution < 1.29 is 32.5 Å². The fourth-order valence-electron chi connectivity index (χ4n) is 2.73. The topological polar surface area (TPSA) is 111 Å². The number of carbonyl (C=O) groups is 1. The van der Waals surface area contributed by atoms with Gasteiger partial charge >= 0.3 is 12.1 Å². The Morgan fingerprint density at radius 3 is 2.21 bits per heavy atom. The second kappa shape index (κ2) is 8.91. The summed E-state index contributed by atoms with van der Waals surface area (Å²) in [5.41, 5.74) is 6.83. The van der Waals surface area contributed by atoms with Gasteiger partial charge in [0.2, 0.25) is 0 Å². The van der Waals surface area contributed by atoms with Crippen molar-refractivity contribution in [2.24, 2.45) is 5.73 Å². The molecule has 0 amide bonds. The molecule has 1 aromatic heterocycles. The molecule has 11 heteroatoms. The van der Waals surface area contributed by atoms with Crippen LogP contribution in [0.3, 0.4) is 0 Å². The quantitative estimate of drug-likeness (QED) is 0.804. The van der Waals surface area contributed by atoms with E-state index in [9.17, 15) is 13.2 Å². The van der Waals surface area contributed by atoms with Gasteiger partial charge in [0.1, 0.15) is 12.1 Å². The van der Waals surface area contributed by atoms with Crippen molar-refractivity contribution in [3.05, 3.63) is 18.5 Å². The van der Waals surface area contributed by atoms with E-state index in [0.29, 0.717) is 17.5 Å². The standard InChI is InChI=1S/C15H20N4O2.C2HF3O2/c1-20-13-7-11-12(8-14(13)21-2)17-9-18-15(11)19-5-3-10(16)4-6-19;3-2(4,5)1(6)7/h7-10H,3-6,16H2,1-2H3;(H,6,7). The first kappa shape index (κ1) is 21.5. The smallest absolute Gasteiger partial charge is 0.490 e. The number of carboxylic acid groups (broad SMARTS) is 1. The van der Waals surface area contributed by atoms with E-state index in [4.69, 9.17) is 25.1 Å². The summed E-state index contributed by atoms with van der Waals surface area (Å²) in [6, 6.07) is 4.12. The zero-order chi connectivity index (χ0) is 20.9. The molecule has 2 heterocycles. The Hall–Kier alpha value is -2.82. The maximum atomic E-state index is 10.6. The van der Waals surface area contributed by atoms with E-state index < -0.39 is 12.1 Å². The van der Waals surface area contributed by atoms with Crippen LogP contribution in [0.15, 0.2) is 18.5 Å². The highest BCUT2D eigenvalue weighted by atomic mass is 19.4. The molecular weight excluding hydrogens is 381 g/mol. The molecule has 0 radical (unpaired) electrons. The Kier molecular flexibility index (Phi) is 6.84. The first-order valence-electron chi connectivity index (χ1n) is 8.34. The predicted octanol–water partition coefficient (Wildman–Crippen LogP) is 2.21. The Morgan fingerprint density at radius 1 is 1.18 bits per heavy atom. The Balaban J connectivity index is 0.000000345. The van der Waals surface area contributed by atoms with Crippen LogP contribution in [-0.2, 0) is 4.79 Å². The number of aliphatic carboxylic acids is 1. The normalized spacial score (nSPS) is 15.0. The summed E-state index contributed by atoms with van der Waals surface area (Å²) in [6.45, 7) is 1.84. The lowest BCUT2D eigenvalue weighted by Gasteiger charge is -2.31. The Morgan fingerprint density at radius 2 is 1.71 bits per heavy atom. The number of hydrogen-bond donors (Lipinski definition) is 2. The molecule has 1 aromatic carbocycles. The molecule has 8 nitrogen and oxygen atoms in total. The number of carboxylic acids is 1. The molecule has 3 N–H and O–H groups in total. The zero-order valence-electron chi connectivity index (χ0n) is 15.4. The molecule has 1 aliphatic heterocycles. The number of hydrogen-bond acceptors (Lipinski definition) is 7. The summed E-state index contributed by atoms with van der Waals surface area (Å²) in [5, 5.41) is 8.10. The third-order valence-corrected chi connectivity index (χ3v) is 4.20. The van der Waals surface area contributed by atoms with Crippen molar-refractivity contribution in [2.75, 3.05) is 32.2 Å². The molecule has 0 saturated carbocycles. The maximum Gasteiger partial charge on any atom is 0.490 e. The minimum Gasteiger partial charge on any atom is -0.493 e. The van der Waals surface area contributed by atoms with E-state index in [-0.39, 0.29) is 0 Å². The number of fused-ring (bicyclic) bond motifs is 1. The van der Waals surface area contributed by atoms with Crippen molar-refractivity contribution >= 4 is 22.7 Å². The number of alkyl halides is 3. The number of methoxy groups -OCH3 is 2. The number of benzene rings is 1. The Bertz CT molecular complexity index is 824. The van der Waals surface area contributed by atoms with Gasteiger partial charge in [0.25, 0.3) is 0 Å². The van der Waals surface area contributed by atoms with Gasteiger partial charge in [-0.2, -0.15) is 13.2 Å². The van der Waals surface area contributed by atoms with Crippen molar-refractivity contribution in [3.8, 4) is 11.5 Å². The van der Waals surface area contributed by atoms with Crippen molar-refractivity contribution in [3.63, 3.8) is 0 Å². The second-order valence-electron chi connectivity index (χ2n) is 6.05. The van der Waals surface area contributed by atoms with E-state index in [1.54, 1.807) is 20.5 Å². The summed E-state index contributed by atoms with van der Waals surface area (Å²) in [5.74, 6) is -0.453. The van der Waals surface area contributed by atoms with E-state index in [0.717, 1.165) is 42.7 Å². The maximum absolute atomic E-state index is 10.6. The van der Waals surface area contributed by atoms with Gasteiger partial charge in [0.15, 0.2) is 11.5 Å². The number of rotatable bonds is 3. The van der Waals surface area contributed by atoms with Gasteiger partial charge in [0, 0.05) is 30.6 Å². The average molecular weight is 402 g/mol. The highest BCUT2D eigenvalue weighted by Gasteiger charge is 2.38. The van der Waals surface area contributed by atoms with Crippen LogP contribution in [-0.4, -0.2) is 60.6 Å². The molecule has 0 atom stereocenters. The van der Waals surface area contributed by atoms with Gasteiger partial charge in [-0.15, -0.1) is 0 Å². The fraction of sp³-hybridized carbons (Fsp3) is 0.471. The van der Waals surface area contributed by atoms with Gasteiger partial charge in [-0.3, -0.25) is 0 Å². The van der Waals surface area contributed by atoms with Crippen LogP contribution in [0.2, 0.25) is 0 Å². The third kappa shape index (κ3) is 5.12. The van der Waals surface area contributed by atoms with E-state index in [2.05, 4.69) is 14.9 Å². The van der Waals surface area contributed by atoms with Crippen LogP contribution < -0.4 is 20.1 Å². The van der Waals surface area contributed by atoms with Crippen LogP contribution in [0.1, 0.15) is 12.8 Å². The minimum atomic E-state index is -5.08. The van der Waals surface area contributed by atoms with E-state index >= 15 is 0 Å². The number of anilines is 1. The fourth-order valence-corrected chi connectivity index (χ4v) is 2.73. The molecule has 1 saturated heterocycles. The molecule has 154 valence electrons. The molecule has 1 aliphatic rings. The molecule has 0 aliphatic carbocycles. The average Bonchev–Trinajstić information content (AvgIpc) is 2.66. The summed E-state index contributed by atoms with van der Waals surface area (Å²) < 4.78 is 42.4. The molecular formula is C17H21F3N4O4. The minimum absolute atomic E-state index is 0.295. The summed E-state index contributed by atoms with van der Waals surface area (Å²) in [6.07, 6.45) is -1.52. The summed E-state index contributed by atoms with van der Waals surface area (Å²) in [7, 11) is 3.25. The van der Waals surface area contributed by atoms with Crippen LogP contribution >= 0.6 is 0 Å². The lowest BCUT2D eigenvalue weighted by atomic mass is 10.1. The number of nitrogens with zero attached hydrogens (tertiary/aromatic N) is 3. The summed E-state index contributed by atoms with van der Waals surface area (Å²) in [4.78, 5) is 20.0. The van der Waals surface area contributed by atoms with Crippen molar-refractivity contribution in [2.45, 2.75) is 25.1 Å². The van der Waals surface area contributed by atoms with Crippen LogP contribution in [0.5, 0.6) is 11.5 Å². The van der Waals surface area contributed by atoms with E-state index in [1.165, 1.54) is 0 Å². The van der Waals surface area contributed by atoms with Crippen LogP contribution in [0.25, 0.3) is 10.9 Å². The first-order chi connectivity index (χ1) is 13.2. The van der Waals surface area contributed by atoms with Gasteiger partial charge in [0.05, 0.1) is 19.7 Å². The molecule has 0 spiro atoms. The largest absolute Gasteiger partial charge is 0.493 e. The zero-order valence-corrected chi connectivity index (χ0v) is 15.4. The third-order valence-electron chi connectivity index (χ3n) is 4.20. The first-order valence-corrected chi connectivity index (χ1v) is 8.34. The van der Waals surface area contributed by atoms with Crippen molar-refractivity contribution in [1.82, 2.24) is 9.97 Å². The number of aromatic nitrogens is 2. The van der Waals surface area contributed by atoms with Crippen LogP contribution in [0, 0.1) is 0 Å². The van der Waals surface area contributed by atoms with Gasteiger partial charge in [-0.25, -0.2) is 14.8 Å². The van der Waals surface area contributed by atoms with Gasteiger partial charge in [-0.05, 0) is 18.9 Å². The lowest BCUT2D eigenvalue weighted by molar-refractivity contribution is -0.192.